The van der Waals surface area contributed by atoms with Crippen LogP contribution in [0.5, 0.6) is 0 Å². The van der Waals surface area contributed by atoms with Gasteiger partial charge in [0.25, 0.3) is 0 Å². The molecule has 3 rings (SSSR count). The molecule has 1 aromatic heterocycles. The molecule has 0 radical (unpaired) electrons. The van der Waals surface area contributed by atoms with Crippen LogP contribution in [0, 0.1) is 5.92 Å². The van der Waals surface area contributed by atoms with E-state index in [1.54, 1.807) is 0 Å². The molecule has 2 fully saturated rings. The molecule has 0 N–H and O–H groups in total. The average Bonchev–Trinajstić information content (AvgIpc) is 3.17. The molecule has 3 heterocycles. The fourth-order valence-electron chi connectivity index (χ4n) is 3.93. The number of carbonyl (C=O) groups is 1. The van der Waals surface area contributed by atoms with E-state index in [2.05, 4.69) is 47.5 Å². The summed E-state index contributed by atoms with van der Waals surface area (Å²) in [6, 6.07) is 0. The van der Waals surface area contributed by atoms with Crippen LogP contribution in [0.1, 0.15) is 58.7 Å². The lowest BCUT2D eigenvalue weighted by Gasteiger charge is -2.33. The van der Waals surface area contributed by atoms with Crippen molar-refractivity contribution in [1.82, 2.24) is 19.7 Å². The van der Waals surface area contributed by atoms with Crippen LogP contribution >= 0.6 is 0 Å². The lowest BCUT2D eigenvalue weighted by atomic mass is 9.93. The van der Waals surface area contributed by atoms with Gasteiger partial charge in [-0.25, -0.2) is 0 Å². The van der Waals surface area contributed by atoms with Gasteiger partial charge in [0.2, 0.25) is 11.9 Å². The Labute approximate surface area is 145 Å². The Morgan fingerprint density at radius 2 is 1.71 bits per heavy atom. The number of anilines is 1. The molecule has 0 saturated carbocycles. The number of hydrogen-bond acceptors (Lipinski definition) is 4. The first-order valence-electron chi connectivity index (χ1n) is 9.29. The number of likely N-dealkylation sites (tertiary alicyclic amines) is 1. The second kappa shape index (κ2) is 6.73. The standard InChI is InChI=1S/C18H31N5O/c1-18(2,3)16-19-20-17(21(16)4)23-11-7-14(8-12-23)13-15(24)22-9-5-6-10-22/h14H,5-13H2,1-4H3. The van der Waals surface area contributed by atoms with E-state index >= 15 is 0 Å². The van der Waals surface area contributed by atoms with Crippen LogP contribution in [0.15, 0.2) is 0 Å². The molecule has 0 spiro atoms. The summed E-state index contributed by atoms with van der Waals surface area (Å²) in [5.41, 5.74) is 0.000466. The van der Waals surface area contributed by atoms with Gasteiger partial charge in [0, 0.05) is 45.1 Å². The van der Waals surface area contributed by atoms with Gasteiger partial charge in [-0.1, -0.05) is 20.8 Å². The molecule has 1 amide bonds. The van der Waals surface area contributed by atoms with E-state index in [4.69, 9.17) is 0 Å². The molecule has 0 atom stereocenters. The van der Waals surface area contributed by atoms with Gasteiger partial charge in [0.05, 0.1) is 0 Å². The van der Waals surface area contributed by atoms with Crippen molar-refractivity contribution in [3.8, 4) is 0 Å². The molecule has 0 bridgehead atoms. The molecule has 24 heavy (non-hydrogen) atoms. The van der Waals surface area contributed by atoms with Crippen molar-refractivity contribution >= 4 is 11.9 Å². The van der Waals surface area contributed by atoms with E-state index in [0.717, 1.165) is 57.2 Å². The van der Waals surface area contributed by atoms with Crippen LogP contribution in [0.3, 0.4) is 0 Å². The molecule has 2 aliphatic heterocycles. The van der Waals surface area contributed by atoms with Crippen LogP contribution in [-0.4, -0.2) is 51.8 Å². The van der Waals surface area contributed by atoms with Crippen molar-refractivity contribution in [3.05, 3.63) is 5.82 Å². The van der Waals surface area contributed by atoms with Crippen LogP contribution in [-0.2, 0) is 17.3 Å². The maximum atomic E-state index is 12.3. The largest absolute Gasteiger partial charge is 0.343 e. The molecule has 0 aromatic carbocycles. The Bertz CT molecular complexity index is 575. The van der Waals surface area contributed by atoms with E-state index in [-0.39, 0.29) is 5.41 Å². The van der Waals surface area contributed by atoms with Gasteiger partial charge in [-0.3, -0.25) is 9.36 Å². The quantitative estimate of drug-likeness (QED) is 0.852. The Balaban J connectivity index is 1.55. The Morgan fingerprint density at radius 1 is 1.08 bits per heavy atom. The van der Waals surface area contributed by atoms with Gasteiger partial charge in [-0.2, -0.15) is 0 Å². The van der Waals surface area contributed by atoms with E-state index in [9.17, 15) is 4.79 Å². The highest BCUT2D eigenvalue weighted by molar-refractivity contribution is 5.76. The fraction of sp³-hybridized carbons (Fsp3) is 0.833. The summed E-state index contributed by atoms with van der Waals surface area (Å²) in [6.45, 7) is 10.4. The number of rotatable bonds is 3. The lowest BCUT2D eigenvalue weighted by Crippen LogP contribution is -2.38. The van der Waals surface area contributed by atoms with Crippen molar-refractivity contribution < 1.29 is 4.79 Å². The van der Waals surface area contributed by atoms with Crippen LogP contribution in [0.4, 0.5) is 5.95 Å². The summed E-state index contributed by atoms with van der Waals surface area (Å²) in [7, 11) is 2.05. The third kappa shape index (κ3) is 3.57. The summed E-state index contributed by atoms with van der Waals surface area (Å²) in [4.78, 5) is 16.7. The van der Waals surface area contributed by atoms with Gasteiger partial charge in [-0.05, 0) is 31.6 Å². The zero-order valence-electron chi connectivity index (χ0n) is 15.6. The van der Waals surface area contributed by atoms with Gasteiger partial charge in [0.15, 0.2) is 0 Å². The SMILES string of the molecule is Cn1c(N2CCC(CC(=O)N3CCCC3)CC2)nnc1C(C)(C)C. The number of amides is 1. The molecule has 6 nitrogen and oxygen atoms in total. The first-order chi connectivity index (χ1) is 11.4. The molecule has 6 heteroatoms. The third-order valence-corrected chi connectivity index (χ3v) is 5.34. The highest BCUT2D eigenvalue weighted by atomic mass is 16.2. The highest BCUT2D eigenvalue weighted by Gasteiger charge is 2.29. The van der Waals surface area contributed by atoms with Gasteiger partial charge in [-0.15, -0.1) is 10.2 Å². The summed E-state index contributed by atoms with van der Waals surface area (Å²) >= 11 is 0. The minimum atomic E-state index is 0.000466. The van der Waals surface area contributed by atoms with Crippen molar-refractivity contribution in [3.63, 3.8) is 0 Å². The maximum Gasteiger partial charge on any atom is 0.226 e. The van der Waals surface area contributed by atoms with Gasteiger partial charge < -0.3 is 9.80 Å². The van der Waals surface area contributed by atoms with Gasteiger partial charge >= 0.3 is 0 Å². The number of piperidine rings is 1. The van der Waals surface area contributed by atoms with E-state index < -0.39 is 0 Å². The highest BCUT2D eigenvalue weighted by Crippen LogP contribution is 2.28. The summed E-state index contributed by atoms with van der Waals surface area (Å²) < 4.78 is 2.12. The maximum absolute atomic E-state index is 12.3. The van der Waals surface area contributed by atoms with E-state index in [0.29, 0.717) is 11.8 Å². The number of carbonyl (C=O) groups excluding carboxylic acids is 1. The monoisotopic (exact) mass is 333 g/mol. The second-order valence-corrected chi connectivity index (χ2v) is 8.36. The number of nitrogens with zero attached hydrogens (tertiary/aromatic N) is 5. The van der Waals surface area contributed by atoms with Crippen molar-refractivity contribution in [2.45, 2.75) is 58.3 Å². The molecule has 0 unspecified atom stereocenters. The summed E-state index contributed by atoms with van der Waals surface area (Å²) in [5, 5.41) is 8.81. The normalized spacial score (nSPS) is 20.0. The molecule has 134 valence electrons. The Morgan fingerprint density at radius 3 is 2.25 bits per heavy atom. The minimum Gasteiger partial charge on any atom is -0.343 e. The summed E-state index contributed by atoms with van der Waals surface area (Å²) in [5.74, 6) is 2.86. The van der Waals surface area contributed by atoms with Gasteiger partial charge in [0.1, 0.15) is 5.82 Å². The topological polar surface area (TPSA) is 54.3 Å². The first-order valence-corrected chi connectivity index (χ1v) is 9.29. The number of aromatic nitrogens is 3. The smallest absolute Gasteiger partial charge is 0.226 e. The first kappa shape index (κ1) is 17.2. The molecular weight excluding hydrogens is 302 g/mol. The van der Waals surface area contributed by atoms with Crippen molar-refractivity contribution in [2.75, 3.05) is 31.1 Å². The van der Waals surface area contributed by atoms with E-state index in [1.807, 2.05) is 4.90 Å². The molecule has 1 aromatic rings. The number of hydrogen-bond donors (Lipinski definition) is 0. The lowest BCUT2D eigenvalue weighted by molar-refractivity contribution is -0.131. The zero-order chi connectivity index (χ0) is 17.3. The molecule has 2 aliphatic rings. The van der Waals surface area contributed by atoms with Crippen LogP contribution in [0.2, 0.25) is 0 Å². The Hall–Kier alpha value is -1.59. The third-order valence-electron chi connectivity index (χ3n) is 5.34. The predicted octanol–water partition coefficient (Wildman–Crippen LogP) is 2.34. The molecular formula is C18H31N5O. The Kier molecular flexibility index (Phi) is 4.83. The van der Waals surface area contributed by atoms with Crippen molar-refractivity contribution in [2.24, 2.45) is 13.0 Å². The molecule has 2 saturated heterocycles. The minimum absolute atomic E-state index is 0.000466. The summed E-state index contributed by atoms with van der Waals surface area (Å²) in [6.07, 6.45) is 5.20. The van der Waals surface area contributed by atoms with Crippen LogP contribution < -0.4 is 4.90 Å². The van der Waals surface area contributed by atoms with Crippen LogP contribution in [0.25, 0.3) is 0 Å². The van der Waals surface area contributed by atoms with E-state index in [1.165, 1.54) is 12.8 Å². The predicted molar refractivity (Wildman–Crippen MR) is 95.1 cm³/mol. The van der Waals surface area contributed by atoms with Crippen molar-refractivity contribution in [1.29, 1.82) is 0 Å². The second-order valence-electron chi connectivity index (χ2n) is 8.36. The average molecular weight is 333 g/mol. The molecule has 0 aliphatic carbocycles. The fourth-order valence-corrected chi connectivity index (χ4v) is 3.93. The zero-order valence-corrected chi connectivity index (χ0v) is 15.6.